The Bertz CT molecular complexity index is 1550. The summed E-state index contributed by atoms with van der Waals surface area (Å²) in [5, 5.41) is 0. The van der Waals surface area contributed by atoms with E-state index < -0.39 is 0 Å². The van der Waals surface area contributed by atoms with Crippen molar-refractivity contribution < 1.29 is 25.1 Å². The fourth-order valence-electron chi connectivity index (χ4n) is 8.94. The number of hydrogen-bond donors (Lipinski definition) is 0. The van der Waals surface area contributed by atoms with Gasteiger partial charge < -0.3 is 5.53 Å². The summed E-state index contributed by atoms with van der Waals surface area (Å²) in [6.45, 7) is 18.5. The predicted molar refractivity (Wildman–Crippen MR) is 247 cm³/mol. The molecule has 2 nitrogen and oxygen atoms in total. The van der Waals surface area contributed by atoms with Gasteiger partial charge in [0.15, 0.2) is 0 Å². The molecule has 0 fully saturated rings. The van der Waals surface area contributed by atoms with Gasteiger partial charge in [0, 0.05) is 43.5 Å². The van der Waals surface area contributed by atoms with Gasteiger partial charge in [-0.15, -0.1) is 0 Å². The van der Waals surface area contributed by atoms with Crippen LogP contribution < -0.4 is 0 Å². The van der Waals surface area contributed by atoms with Crippen molar-refractivity contribution in [2.24, 2.45) is 0 Å². The third kappa shape index (κ3) is 15.7. The van der Waals surface area contributed by atoms with Crippen molar-refractivity contribution in [3.63, 3.8) is 0 Å². The van der Waals surface area contributed by atoms with Crippen molar-refractivity contribution in [3.05, 3.63) is 85.5 Å². The monoisotopic (exact) mass is 867 g/mol. The maximum absolute atomic E-state index is 12.9. The van der Waals surface area contributed by atoms with Crippen LogP contribution in [0.4, 0.5) is 0 Å². The van der Waals surface area contributed by atoms with Crippen LogP contribution in [0.1, 0.15) is 241 Å². The van der Waals surface area contributed by atoms with E-state index in [4.69, 9.17) is 0 Å². The van der Waals surface area contributed by atoms with Gasteiger partial charge in [-0.25, -0.2) is 4.70 Å². The maximum Gasteiger partial charge on any atom is 0.223 e. The third-order valence-electron chi connectivity index (χ3n) is 12.0. The van der Waals surface area contributed by atoms with Crippen LogP contribution in [0.3, 0.4) is 0 Å². The van der Waals surface area contributed by atoms with Crippen LogP contribution in [0.2, 0.25) is 0 Å². The first-order chi connectivity index (χ1) is 27.4. The van der Waals surface area contributed by atoms with Gasteiger partial charge in [0.25, 0.3) is 0 Å². The second-order valence-electron chi connectivity index (χ2n) is 17.0. The molecule has 0 saturated carbocycles. The van der Waals surface area contributed by atoms with E-state index in [0.717, 1.165) is 99.6 Å². The third-order valence-corrected chi connectivity index (χ3v) is 12.0. The second kappa shape index (κ2) is 29.9. The molecule has 0 atom stereocenters. The SMILES string of the molecule is CCCCCCC#CC1=C(c2cc(CCC)c(CCC)c(CCC)c2)[N+](=[N-])C(c2cc(CCCCC)c(CCCCC)c(CCCCC)c2)=C1CCCCCC.[Pd]. The molecule has 0 unspecified atom stereocenters. The summed E-state index contributed by atoms with van der Waals surface area (Å²) < 4.78 is 1.63. The van der Waals surface area contributed by atoms with E-state index in [9.17, 15) is 5.53 Å². The molecule has 1 aliphatic heterocycles. The molecular formula is C54H84N2Pd. The summed E-state index contributed by atoms with van der Waals surface area (Å²) in [4.78, 5) is 0. The number of aryl methyl sites for hydroxylation is 4. The summed E-state index contributed by atoms with van der Waals surface area (Å²) >= 11 is 0. The van der Waals surface area contributed by atoms with Crippen LogP contribution in [-0.4, -0.2) is 4.70 Å². The molecular weight excluding hydrogens is 783 g/mol. The fourth-order valence-corrected chi connectivity index (χ4v) is 8.94. The summed E-state index contributed by atoms with van der Waals surface area (Å²) in [6.07, 6.45) is 32.9. The van der Waals surface area contributed by atoms with Crippen molar-refractivity contribution in [3.8, 4) is 11.8 Å². The summed E-state index contributed by atoms with van der Waals surface area (Å²) in [5.74, 6) is 7.47. The number of unbranched alkanes of at least 4 members (excludes halogenated alkanes) is 13. The zero-order chi connectivity index (χ0) is 40.5. The maximum atomic E-state index is 12.9. The molecule has 57 heavy (non-hydrogen) atoms. The molecule has 0 amide bonds. The fraction of sp³-hybridized carbons (Fsp3) is 0.667. The van der Waals surface area contributed by atoms with Crippen molar-refractivity contribution in [1.82, 2.24) is 0 Å². The Morgan fingerprint density at radius 2 is 0.825 bits per heavy atom. The average Bonchev–Trinajstić information content (AvgIpc) is 3.47. The molecule has 0 aromatic heterocycles. The van der Waals surface area contributed by atoms with E-state index in [1.165, 1.54) is 136 Å². The standard InChI is InChI=1S/C54H84N2.Pd/c1-9-17-22-24-25-30-38-52-51(37-29-23-18-10-2)54(56(55)53(52)47-39-43(31-14-6)49(33-16-8)44(40-47)32-15-7)48-41-45(34-26-19-11-3)50(36-28-21-13-5)46(42-48)35-27-20-12-4;/h39-42H,9-29,31-37H2,1-8H3;. The molecule has 2 aromatic rings. The van der Waals surface area contributed by atoms with Gasteiger partial charge in [0.2, 0.25) is 11.4 Å². The molecule has 2 aromatic carbocycles. The van der Waals surface area contributed by atoms with Crippen molar-refractivity contribution in [2.45, 2.75) is 235 Å². The molecule has 0 aliphatic carbocycles. The van der Waals surface area contributed by atoms with E-state index in [1.54, 1.807) is 15.8 Å². The molecule has 1 heterocycles. The molecule has 1 aliphatic rings. The van der Waals surface area contributed by atoms with Gasteiger partial charge >= 0.3 is 0 Å². The molecule has 3 heteroatoms. The first-order valence-corrected chi connectivity index (χ1v) is 24.2. The minimum atomic E-state index is 0. The predicted octanol–water partition coefficient (Wildman–Crippen LogP) is 16.9. The number of nitrogens with zero attached hydrogens (tertiary/aromatic N) is 2. The van der Waals surface area contributed by atoms with Gasteiger partial charge in [-0.1, -0.05) is 164 Å². The molecule has 320 valence electrons. The van der Waals surface area contributed by atoms with Crippen LogP contribution in [0.5, 0.6) is 0 Å². The van der Waals surface area contributed by atoms with Gasteiger partial charge in [-0.05, 0) is 135 Å². The molecule has 0 N–H and O–H groups in total. The van der Waals surface area contributed by atoms with Crippen molar-refractivity contribution >= 4 is 11.4 Å². The van der Waals surface area contributed by atoms with Gasteiger partial charge in [-0.2, -0.15) is 0 Å². The zero-order valence-corrected chi connectivity index (χ0v) is 39.9. The Balaban J connectivity index is 0.0000112. The Morgan fingerprint density at radius 1 is 0.421 bits per heavy atom. The number of hydrogen-bond acceptors (Lipinski definition) is 0. The first kappa shape index (κ1) is 50.9. The Kier molecular flexibility index (Phi) is 26.7. The van der Waals surface area contributed by atoms with Gasteiger partial charge in [0.05, 0.1) is 0 Å². The molecule has 0 radical (unpaired) electrons. The minimum Gasteiger partial charge on any atom is -0.493 e. The van der Waals surface area contributed by atoms with Crippen LogP contribution in [0.15, 0.2) is 35.4 Å². The minimum absolute atomic E-state index is 0. The number of benzene rings is 2. The van der Waals surface area contributed by atoms with Crippen LogP contribution >= 0.6 is 0 Å². The van der Waals surface area contributed by atoms with E-state index in [2.05, 4.69) is 91.5 Å². The Labute approximate surface area is 367 Å². The smallest absolute Gasteiger partial charge is 0.223 e. The number of allylic oxidation sites excluding steroid dienone is 2. The van der Waals surface area contributed by atoms with Crippen LogP contribution in [-0.2, 0) is 58.9 Å². The van der Waals surface area contributed by atoms with E-state index in [0.29, 0.717) is 0 Å². The molecule has 0 saturated heterocycles. The number of rotatable bonds is 29. The topological polar surface area (TPSA) is 25.3 Å². The van der Waals surface area contributed by atoms with Crippen LogP contribution in [0.25, 0.3) is 16.9 Å². The molecule has 3 rings (SSSR count). The first-order valence-electron chi connectivity index (χ1n) is 24.2. The largest absolute Gasteiger partial charge is 0.493 e. The quantitative estimate of drug-likeness (QED) is 0.0337. The average molecular weight is 868 g/mol. The Morgan fingerprint density at radius 3 is 1.32 bits per heavy atom. The van der Waals surface area contributed by atoms with Crippen molar-refractivity contribution in [1.29, 1.82) is 0 Å². The van der Waals surface area contributed by atoms with E-state index in [-0.39, 0.29) is 20.4 Å². The molecule has 0 bridgehead atoms. The summed E-state index contributed by atoms with van der Waals surface area (Å²) in [5.41, 5.74) is 28.7. The summed E-state index contributed by atoms with van der Waals surface area (Å²) in [7, 11) is 0. The van der Waals surface area contributed by atoms with E-state index in [1.807, 2.05) is 0 Å². The normalized spacial score (nSPS) is 12.7. The summed E-state index contributed by atoms with van der Waals surface area (Å²) in [6, 6.07) is 9.91. The van der Waals surface area contributed by atoms with E-state index >= 15 is 0 Å². The zero-order valence-electron chi connectivity index (χ0n) is 38.3. The molecule has 0 spiro atoms. The van der Waals surface area contributed by atoms with Crippen LogP contribution in [0, 0.1) is 11.8 Å². The van der Waals surface area contributed by atoms with Crippen molar-refractivity contribution in [2.75, 3.05) is 0 Å². The van der Waals surface area contributed by atoms with Gasteiger partial charge in [0.1, 0.15) is 5.57 Å². The Hall–Kier alpha value is -2.26. The van der Waals surface area contributed by atoms with Gasteiger partial charge in [-0.3, -0.25) is 0 Å². The second-order valence-corrected chi connectivity index (χ2v) is 17.0.